The first-order chi connectivity index (χ1) is 13.3. The molecule has 0 aromatic heterocycles. The average molecular weight is 394 g/mol. The fraction of sp³-hybridized carbons (Fsp3) is 0.714. The van der Waals surface area contributed by atoms with Gasteiger partial charge >= 0.3 is 0 Å². The van der Waals surface area contributed by atoms with Crippen molar-refractivity contribution in [2.75, 3.05) is 13.2 Å². The number of hydrogen-bond donors (Lipinski definition) is 0. The van der Waals surface area contributed by atoms with Gasteiger partial charge in [-0.1, -0.05) is 12.1 Å². The molecule has 28 heavy (non-hydrogen) atoms. The maximum atomic E-state index is 6.28. The SMILES string of the molecule is CCOc1ccc(CO[C@H]2[C@@H]3OC(C)(C)O[C@H]3O[C@H]2[C@@H]2COC(C)(C)O2)cc1. The highest BCUT2D eigenvalue weighted by molar-refractivity contribution is 5.26. The van der Waals surface area contributed by atoms with Crippen LogP contribution in [0.4, 0.5) is 0 Å². The van der Waals surface area contributed by atoms with E-state index in [9.17, 15) is 0 Å². The van der Waals surface area contributed by atoms with Gasteiger partial charge < -0.3 is 33.2 Å². The molecule has 7 nitrogen and oxygen atoms in total. The molecule has 0 N–H and O–H groups in total. The molecule has 4 rings (SSSR count). The van der Waals surface area contributed by atoms with Crippen LogP contribution < -0.4 is 4.74 Å². The van der Waals surface area contributed by atoms with Gasteiger partial charge in [0.25, 0.3) is 0 Å². The Hall–Kier alpha value is -1.22. The van der Waals surface area contributed by atoms with Crippen LogP contribution in [0.25, 0.3) is 0 Å². The second-order valence-electron chi connectivity index (χ2n) is 8.29. The zero-order chi connectivity index (χ0) is 19.9. The minimum atomic E-state index is -0.701. The van der Waals surface area contributed by atoms with Gasteiger partial charge in [-0.25, -0.2) is 0 Å². The molecule has 0 bridgehead atoms. The van der Waals surface area contributed by atoms with Gasteiger partial charge in [0.05, 0.1) is 19.8 Å². The molecule has 3 fully saturated rings. The zero-order valence-electron chi connectivity index (χ0n) is 17.2. The summed E-state index contributed by atoms with van der Waals surface area (Å²) in [7, 11) is 0. The predicted molar refractivity (Wildman–Crippen MR) is 99.8 cm³/mol. The number of hydrogen-bond acceptors (Lipinski definition) is 7. The van der Waals surface area contributed by atoms with Crippen molar-refractivity contribution >= 4 is 0 Å². The summed E-state index contributed by atoms with van der Waals surface area (Å²) < 4.78 is 41.7. The Morgan fingerprint density at radius 1 is 0.964 bits per heavy atom. The van der Waals surface area contributed by atoms with Crippen molar-refractivity contribution in [3.05, 3.63) is 29.8 Å². The van der Waals surface area contributed by atoms with E-state index in [-0.39, 0.29) is 24.4 Å². The standard InChI is InChI=1S/C21H30O7/c1-6-22-14-9-7-13(8-10-14)11-23-17-16(15-12-24-20(2,3)26-15)25-19-18(17)27-21(4,5)28-19/h7-10,15-19H,6,11-12H2,1-5H3/t15-,16-,17+,18-,19+/m0/s1. The molecular formula is C21H30O7. The Balaban J connectivity index is 1.45. The lowest BCUT2D eigenvalue weighted by molar-refractivity contribution is -0.236. The third-order valence-corrected chi connectivity index (χ3v) is 5.10. The number of benzene rings is 1. The molecule has 0 unspecified atom stereocenters. The largest absolute Gasteiger partial charge is 0.494 e. The van der Waals surface area contributed by atoms with Gasteiger partial charge in [0.1, 0.15) is 30.2 Å². The summed E-state index contributed by atoms with van der Waals surface area (Å²) in [6, 6.07) is 7.90. The van der Waals surface area contributed by atoms with Crippen LogP contribution in [0.15, 0.2) is 24.3 Å². The van der Waals surface area contributed by atoms with E-state index in [4.69, 9.17) is 33.2 Å². The van der Waals surface area contributed by atoms with Crippen molar-refractivity contribution in [1.29, 1.82) is 0 Å². The summed E-state index contributed by atoms with van der Waals surface area (Å²) in [5.74, 6) is -0.485. The molecule has 0 spiro atoms. The van der Waals surface area contributed by atoms with E-state index in [1.807, 2.05) is 58.9 Å². The van der Waals surface area contributed by atoms with Gasteiger partial charge in [0.2, 0.25) is 0 Å². The second kappa shape index (κ2) is 7.55. The molecule has 5 atom stereocenters. The Morgan fingerprint density at radius 2 is 1.71 bits per heavy atom. The smallest absolute Gasteiger partial charge is 0.190 e. The Morgan fingerprint density at radius 3 is 2.36 bits per heavy atom. The topological polar surface area (TPSA) is 64.6 Å². The predicted octanol–water partition coefficient (Wildman–Crippen LogP) is 3.00. The molecule has 3 saturated heterocycles. The molecule has 1 aromatic carbocycles. The first-order valence-electron chi connectivity index (χ1n) is 9.92. The van der Waals surface area contributed by atoms with Crippen molar-refractivity contribution in [3.63, 3.8) is 0 Å². The zero-order valence-corrected chi connectivity index (χ0v) is 17.2. The van der Waals surface area contributed by atoms with Crippen molar-refractivity contribution in [1.82, 2.24) is 0 Å². The molecule has 7 heteroatoms. The van der Waals surface area contributed by atoms with E-state index in [0.29, 0.717) is 19.8 Å². The van der Waals surface area contributed by atoms with E-state index in [0.717, 1.165) is 11.3 Å². The molecule has 3 heterocycles. The van der Waals surface area contributed by atoms with Gasteiger partial charge in [0, 0.05) is 0 Å². The Kier molecular flexibility index (Phi) is 5.41. The summed E-state index contributed by atoms with van der Waals surface area (Å²) >= 11 is 0. The van der Waals surface area contributed by atoms with Gasteiger partial charge in [0.15, 0.2) is 17.9 Å². The fourth-order valence-corrected chi connectivity index (χ4v) is 3.91. The van der Waals surface area contributed by atoms with Crippen molar-refractivity contribution < 1.29 is 33.2 Å². The molecule has 0 radical (unpaired) electrons. The monoisotopic (exact) mass is 394 g/mol. The first-order valence-corrected chi connectivity index (χ1v) is 9.92. The van der Waals surface area contributed by atoms with E-state index in [2.05, 4.69) is 0 Å². The van der Waals surface area contributed by atoms with E-state index >= 15 is 0 Å². The molecule has 3 aliphatic heterocycles. The first kappa shape index (κ1) is 20.1. The quantitative estimate of drug-likeness (QED) is 0.735. The summed E-state index contributed by atoms with van der Waals surface area (Å²) in [6.07, 6.45) is -1.66. The van der Waals surface area contributed by atoms with Crippen LogP contribution >= 0.6 is 0 Å². The number of ether oxygens (including phenoxy) is 7. The van der Waals surface area contributed by atoms with Crippen LogP contribution in [0.1, 0.15) is 40.2 Å². The summed E-state index contributed by atoms with van der Waals surface area (Å²) in [5, 5.41) is 0. The second-order valence-corrected chi connectivity index (χ2v) is 8.29. The number of fused-ring (bicyclic) bond motifs is 1. The molecule has 3 aliphatic rings. The highest BCUT2D eigenvalue weighted by Crippen LogP contribution is 2.42. The average Bonchev–Trinajstić information content (AvgIpc) is 3.23. The van der Waals surface area contributed by atoms with E-state index in [1.165, 1.54) is 0 Å². The lowest BCUT2D eigenvalue weighted by Crippen LogP contribution is -2.44. The van der Waals surface area contributed by atoms with Crippen molar-refractivity contribution in [2.24, 2.45) is 0 Å². The molecule has 0 aliphatic carbocycles. The highest BCUT2D eigenvalue weighted by atomic mass is 16.8. The minimum absolute atomic E-state index is 0.235. The third-order valence-electron chi connectivity index (χ3n) is 5.10. The van der Waals surface area contributed by atoms with Crippen molar-refractivity contribution in [2.45, 2.75) is 83.5 Å². The van der Waals surface area contributed by atoms with Crippen LogP contribution in [0, 0.1) is 0 Å². The maximum absolute atomic E-state index is 6.28. The van der Waals surface area contributed by atoms with Crippen molar-refractivity contribution in [3.8, 4) is 5.75 Å². The van der Waals surface area contributed by atoms with Crippen LogP contribution in [0.2, 0.25) is 0 Å². The lowest BCUT2D eigenvalue weighted by Gasteiger charge is -2.29. The summed E-state index contributed by atoms with van der Waals surface area (Å²) in [5.41, 5.74) is 1.05. The van der Waals surface area contributed by atoms with Gasteiger partial charge in [-0.2, -0.15) is 0 Å². The Bertz CT molecular complexity index is 672. The van der Waals surface area contributed by atoms with Crippen LogP contribution in [0.3, 0.4) is 0 Å². The van der Waals surface area contributed by atoms with E-state index in [1.54, 1.807) is 0 Å². The fourth-order valence-electron chi connectivity index (χ4n) is 3.91. The Labute approximate surface area is 166 Å². The minimum Gasteiger partial charge on any atom is -0.494 e. The molecule has 0 saturated carbocycles. The van der Waals surface area contributed by atoms with Crippen LogP contribution in [0.5, 0.6) is 5.75 Å². The van der Waals surface area contributed by atoms with E-state index < -0.39 is 17.9 Å². The van der Waals surface area contributed by atoms with Gasteiger partial charge in [-0.15, -0.1) is 0 Å². The third kappa shape index (κ3) is 4.20. The van der Waals surface area contributed by atoms with Gasteiger partial charge in [-0.3, -0.25) is 0 Å². The molecular weight excluding hydrogens is 364 g/mol. The molecule has 0 amide bonds. The number of rotatable bonds is 6. The molecule has 1 aromatic rings. The highest BCUT2D eigenvalue weighted by Gasteiger charge is 2.58. The summed E-state index contributed by atoms with van der Waals surface area (Å²) in [6.45, 7) is 11.0. The van der Waals surface area contributed by atoms with Crippen LogP contribution in [-0.2, 0) is 35.0 Å². The normalized spacial score (nSPS) is 35.8. The molecule has 156 valence electrons. The lowest BCUT2D eigenvalue weighted by atomic mass is 10.1. The maximum Gasteiger partial charge on any atom is 0.190 e. The van der Waals surface area contributed by atoms with Gasteiger partial charge in [-0.05, 0) is 52.3 Å². The van der Waals surface area contributed by atoms with Crippen LogP contribution in [-0.4, -0.2) is 55.5 Å². The summed E-state index contributed by atoms with van der Waals surface area (Å²) in [4.78, 5) is 0.